The number of aryl methyl sites for hydroxylation is 2. The minimum atomic E-state index is -2.36. The molecule has 2 heterocycles. The van der Waals surface area contributed by atoms with Crippen molar-refractivity contribution >= 4 is 21.9 Å². The summed E-state index contributed by atoms with van der Waals surface area (Å²) in [6.45, 7) is 6.18. The monoisotopic (exact) mass is 525 g/mol. The molecule has 40 heavy (non-hydrogen) atoms. The zero-order valence-electron chi connectivity index (χ0n) is 27.4. The SMILES string of the molecule is [2H]c1cc(C([2H])([2H])[2H])cc(-c2c(C)ccc3c2oc2c(-c4cccc(-c5ccc(C(C)(C)C)cc5)c4)c(C#N)ccc23)[n+]1C. The molecular weight excluding hydrogens is 488 g/mol. The minimum absolute atomic E-state index is 0.0591. The minimum Gasteiger partial charge on any atom is -0.454 e. The zero-order valence-corrected chi connectivity index (χ0v) is 23.4. The molecular formula is C37H33N2O+. The van der Waals surface area contributed by atoms with Gasteiger partial charge < -0.3 is 4.42 Å². The van der Waals surface area contributed by atoms with Gasteiger partial charge in [-0.3, -0.25) is 0 Å². The maximum atomic E-state index is 10.2. The highest BCUT2D eigenvalue weighted by molar-refractivity contribution is 6.14. The van der Waals surface area contributed by atoms with Crippen molar-refractivity contribution in [2.24, 2.45) is 7.05 Å². The van der Waals surface area contributed by atoms with E-state index < -0.39 is 6.85 Å². The third-order valence-corrected chi connectivity index (χ3v) is 7.70. The molecule has 196 valence electrons. The first-order valence-electron chi connectivity index (χ1n) is 15.4. The third-order valence-electron chi connectivity index (χ3n) is 7.70. The zero-order chi connectivity index (χ0) is 31.6. The van der Waals surface area contributed by atoms with Crippen LogP contribution in [0.1, 0.15) is 48.5 Å². The summed E-state index contributed by atoms with van der Waals surface area (Å²) >= 11 is 0. The first kappa shape index (κ1) is 21.2. The van der Waals surface area contributed by atoms with Crippen LogP contribution in [0.2, 0.25) is 0 Å². The third kappa shape index (κ3) is 4.27. The van der Waals surface area contributed by atoms with Gasteiger partial charge in [-0.25, -0.2) is 4.57 Å². The molecule has 0 fully saturated rings. The Balaban J connectivity index is 1.59. The van der Waals surface area contributed by atoms with Crippen molar-refractivity contribution in [3.05, 3.63) is 113 Å². The molecule has 0 aliphatic rings. The Hall–Kier alpha value is -4.68. The second kappa shape index (κ2) is 9.50. The van der Waals surface area contributed by atoms with Crippen molar-refractivity contribution in [2.75, 3.05) is 0 Å². The highest BCUT2D eigenvalue weighted by atomic mass is 16.3. The van der Waals surface area contributed by atoms with E-state index in [-0.39, 0.29) is 17.2 Å². The number of benzene rings is 4. The molecule has 0 saturated heterocycles. The molecule has 0 saturated carbocycles. The number of rotatable bonds is 3. The first-order chi connectivity index (χ1) is 20.8. The number of hydrogen-bond donors (Lipinski definition) is 0. The Kier molecular flexibility index (Phi) is 5.03. The predicted octanol–water partition coefficient (Wildman–Crippen LogP) is 9.20. The molecule has 6 aromatic rings. The molecule has 6 rings (SSSR count). The van der Waals surface area contributed by atoms with Crippen molar-refractivity contribution in [3.8, 4) is 39.6 Å². The van der Waals surface area contributed by atoms with E-state index in [1.807, 2.05) is 43.3 Å². The average Bonchev–Trinajstić information content (AvgIpc) is 3.36. The Bertz CT molecular complexity index is 2130. The van der Waals surface area contributed by atoms with Crippen LogP contribution in [0.3, 0.4) is 0 Å². The van der Waals surface area contributed by atoms with Gasteiger partial charge in [-0.05, 0) is 70.8 Å². The quantitative estimate of drug-likeness (QED) is 0.216. The maximum Gasteiger partial charge on any atom is 0.216 e. The fraction of sp³-hybridized carbons (Fsp3) is 0.189. The van der Waals surface area contributed by atoms with Gasteiger partial charge in [-0.15, -0.1) is 0 Å². The van der Waals surface area contributed by atoms with Gasteiger partial charge >= 0.3 is 0 Å². The Morgan fingerprint density at radius 3 is 2.23 bits per heavy atom. The van der Waals surface area contributed by atoms with Crippen LogP contribution in [-0.2, 0) is 12.5 Å². The standard InChI is InChI=1S/C37H33N2O/c1-23-18-19-39(6)32(20-23)33-24(2)10-16-30-31-17-13-28(22-38)34(36(31)40-35(30)33)27-9-7-8-26(21-27)25-11-14-29(15-12-25)37(3,4)5/h7-21H,1-6H3/q+1/i1D3,19D. The number of hydrogen-bond acceptors (Lipinski definition) is 2. The van der Waals surface area contributed by atoms with Crippen molar-refractivity contribution < 1.29 is 14.5 Å². The van der Waals surface area contributed by atoms with Crippen molar-refractivity contribution in [3.63, 3.8) is 0 Å². The lowest BCUT2D eigenvalue weighted by Gasteiger charge is -2.19. The Morgan fingerprint density at radius 1 is 0.825 bits per heavy atom. The Morgan fingerprint density at radius 2 is 1.52 bits per heavy atom. The van der Waals surface area contributed by atoms with Crippen molar-refractivity contribution in [2.45, 2.75) is 40.0 Å². The summed E-state index contributed by atoms with van der Waals surface area (Å²) in [5.41, 5.74) is 8.97. The molecule has 2 aromatic heterocycles. The number of fused-ring (bicyclic) bond motifs is 3. The van der Waals surface area contributed by atoms with E-state index in [0.717, 1.165) is 38.6 Å². The first-order valence-corrected chi connectivity index (χ1v) is 13.4. The molecule has 0 unspecified atom stereocenters. The van der Waals surface area contributed by atoms with Crippen LogP contribution < -0.4 is 4.57 Å². The predicted molar refractivity (Wildman–Crippen MR) is 164 cm³/mol. The van der Waals surface area contributed by atoms with Crippen LogP contribution in [0.15, 0.2) is 95.5 Å². The van der Waals surface area contributed by atoms with Gasteiger partial charge in [0.25, 0.3) is 0 Å². The van der Waals surface area contributed by atoms with Gasteiger partial charge in [0.15, 0.2) is 6.17 Å². The summed E-state index contributed by atoms with van der Waals surface area (Å²) in [5.74, 6) is 0. The second-order valence-electron chi connectivity index (χ2n) is 11.4. The largest absolute Gasteiger partial charge is 0.454 e. The van der Waals surface area contributed by atoms with Crippen LogP contribution in [-0.4, -0.2) is 0 Å². The van der Waals surface area contributed by atoms with E-state index in [1.54, 1.807) is 17.7 Å². The van der Waals surface area contributed by atoms with E-state index in [0.29, 0.717) is 28.0 Å². The summed E-state index contributed by atoms with van der Waals surface area (Å²) in [6.07, 6.45) is 0.0842. The number of furan rings is 1. The highest BCUT2D eigenvalue weighted by Gasteiger charge is 2.23. The van der Waals surface area contributed by atoms with E-state index in [2.05, 4.69) is 63.2 Å². The van der Waals surface area contributed by atoms with Gasteiger partial charge in [-0.2, -0.15) is 5.26 Å². The number of pyridine rings is 1. The molecule has 0 N–H and O–H groups in total. The van der Waals surface area contributed by atoms with Crippen LogP contribution in [0.5, 0.6) is 0 Å². The van der Waals surface area contributed by atoms with Crippen LogP contribution in [0.25, 0.3) is 55.4 Å². The molecule has 3 heteroatoms. The van der Waals surface area contributed by atoms with E-state index >= 15 is 0 Å². The van der Waals surface area contributed by atoms with Gasteiger partial charge in [-0.1, -0.05) is 75.4 Å². The molecule has 4 aromatic carbocycles. The topological polar surface area (TPSA) is 40.8 Å². The Labute approximate surface area is 241 Å². The van der Waals surface area contributed by atoms with Gasteiger partial charge in [0.1, 0.15) is 19.6 Å². The summed E-state index contributed by atoms with van der Waals surface area (Å²) in [4.78, 5) is 0. The molecule has 0 aliphatic heterocycles. The fourth-order valence-electron chi connectivity index (χ4n) is 5.48. The normalized spacial score (nSPS) is 13.5. The van der Waals surface area contributed by atoms with Gasteiger partial charge in [0, 0.05) is 32.6 Å². The molecule has 0 amide bonds. The van der Waals surface area contributed by atoms with E-state index in [1.165, 1.54) is 11.6 Å². The highest BCUT2D eigenvalue weighted by Crippen LogP contribution is 2.42. The lowest BCUT2D eigenvalue weighted by Crippen LogP contribution is -2.30. The van der Waals surface area contributed by atoms with Gasteiger partial charge in [0.2, 0.25) is 5.69 Å². The van der Waals surface area contributed by atoms with E-state index in [9.17, 15) is 5.26 Å². The summed E-state index contributed by atoms with van der Waals surface area (Å²) in [7, 11) is 1.75. The molecule has 0 bridgehead atoms. The van der Waals surface area contributed by atoms with Crippen LogP contribution >= 0.6 is 0 Å². The lowest BCUT2D eigenvalue weighted by atomic mass is 9.86. The van der Waals surface area contributed by atoms with Crippen molar-refractivity contribution in [1.82, 2.24) is 0 Å². The lowest BCUT2D eigenvalue weighted by molar-refractivity contribution is -0.660. The smallest absolute Gasteiger partial charge is 0.216 e. The van der Waals surface area contributed by atoms with Crippen LogP contribution in [0.4, 0.5) is 0 Å². The molecule has 0 atom stereocenters. The maximum absolute atomic E-state index is 10.2. The molecule has 0 radical (unpaired) electrons. The second-order valence-corrected chi connectivity index (χ2v) is 11.4. The van der Waals surface area contributed by atoms with Gasteiger partial charge in [0.05, 0.1) is 17.2 Å². The van der Waals surface area contributed by atoms with E-state index in [4.69, 9.17) is 9.90 Å². The fourth-order valence-corrected chi connectivity index (χ4v) is 5.48. The average molecular weight is 526 g/mol. The summed E-state index contributed by atoms with van der Waals surface area (Å²) < 4.78 is 40.8. The number of aromatic nitrogens is 1. The van der Waals surface area contributed by atoms with Crippen molar-refractivity contribution in [1.29, 1.82) is 5.26 Å². The summed E-state index contributed by atoms with van der Waals surface area (Å²) in [5, 5.41) is 11.9. The number of nitriles is 1. The molecule has 0 spiro atoms. The molecule has 0 aliphatic carbocycles. The van der Waals surface area contributed by atoms with Crippen LogP contribution in [0, 0.1) is 25.1 Å². The molecule has 3 nitrogen and oxygen atoms in total. The number of nitrogens with zero attached hydrogens (tertiary/aromatic N) is 2. The summed E-state index contributed by atoms with van der Waals surface area (Å²) in [6, 6.07) is 29.8.